The number of aromatic nitrogens is 1. The molecule has 0 saturated heterocycles. The largest absolute Gasteiger partial charge is 0.481 e. The van der Waals surface area contributed by atoms with Crippen LogP contribution in [0, 0.1) is 0 Å². The van der Waals surface area contributed by atoms with Crippen LogP contribution in [0.25, 0.3) is 0 Å². The third-order valence-electron chi connectivity index (χ3n) is 2.73. The van der Waals surface area contributed by atoms with Crippen molar-refractivity contribution in [2.24, 2.45) is 0 Å². The third kappa shape index (κ3) is 2.08. The molecule has 2 rings (SSSR count). The molecule has 2 heterocycles. The average molecular weight is 222 g/mol. The quantitative estimate of drug-likeness (QED) is 0.789. The van der Waals surface area contributed by atoms with Crippen LogP contribution in [0.1, 0.15) is 18.4 Å². The van der Waals surface area contributed by atoms with E-state index < -0.39 is 5.97 Å². The van der Waals surface area contributed by atoms with Crippen molar-refractivity contribution in [2.45, 2.75) is 25.8 Å². The number of anilines is 1. The molecule has 5 nitrogen and oxygen atoms in total. The Morgan fingerprint density at radius 3 is 3.06 bits per heavy atom. The fraction of sp³-hybridized carbons (Fsp3) is 0.455. The summed E-state index contributed by atoms with van der Waals surface area (Å²) in [6.07, 6.45) is 1.47. The Kier molecular flexibility index (Phi) is 2.94. The molecular formula is C11H14N2O3. The summed E-state index contributed by atoms with van der Waals surface area (Å²) >= 11 is 0. The van der Waals surface area contributed by atoms with Crippen molar-refractivity contribution in [2.75, 3.05) is 11.9 Å². The molecule has 0 fully saturated rings. The second-order valence-corrected chi connectivity index (χ2v) is 3.87. The monoisotopic (exact) mass is 222 g/mol. The van der Waals surface area contributed by atoms with Gasteiger partial charge in [-0.25, -0.2) is 0 Å². The van der Waals surface area contributed by atoms with E-state index in [9.17, 15) is 9.59 Å². The number of fused-ring (bicyclic) bond motifs is 1. The van der Waals surface area contributed by atoms with Gasteiger partial charge in [-0.15, -0.1) is 0 Å². The Balaban J connectivity index is 2.31. The van der Waals surface area contributed by atoms with Crippen LogP contribution in [-0.2, 0) is 17.8 Å². The van der Waals surface area contributed by atoms with Gasteiger partial charge < -0.3 is 10.4 Å². The molecule has 0 atom stereocenters. The van der Waals surface area contributed by atoms with Gasteiger partial charge in [0.25, 0.3) is 5.56 Å². The smallest absolute Gasteiger partial charge is 0.303 e. The molecule has 1 aromatic heterocycles. The minimum Gasteiger partial charge on any atom is -0.481 e. The minimum absolute atomic E-state index is 0.0266. The molecule has 0 amide bonds. The third-order valence-corrected chi connectivity index (χ3v) is 2.73. The molecule has 0 unspecified atom stereocenters. The summed E-state index contributed by atoms with van der Waals surface area (Å²) < 4.78 is 1.68. The van der Waals surface area contributed by atoms with Gasteiger partial charge in [-0.1, -0.05) is 0 Å². The zero-order valence-corrected chi connectivity index (χ0v) is 8.90. The van der Waals surface area contributed by atoms with Crippen LogP contribution in [-0.4, -0.2) is 22.2 Å². The van der Waals surface area contributed by atoms with Crippen molar-refractivity contribution in [1.82, 2.24) is 4.57 Å². The predicted octanol–water partition coefficient (Wildman–Crippen LogP) is 0.681. The highest BCUT2D eigenvalue weighted by Gasteiger charge is 2.13. The maximum atomic E-state index is 11.6. The van der Waals surface area contributed by atoms with Gasteiger partial charge in [0, 0.05) is 25.6 Å². The van der Waals surface area contributed by atoms with Crippen molar-refractivity contribution in [1.29, 1.82) is 0 Å². The number of carboxylic acids is 1. The van der Waals surface area contributed by atoms with Crippen LogP contribution in [0.15, 0.2) is 16.9 Å². The first kappa shape index (κ1) is 10.7. The zero-order chi connectivity index (χ0) is 11.5. The van der Waals surface area contributed by atoms with Gasteiger partial charge in [-0.2, -0.15) is 0 Å². The number of carbonyl (C=O) groups is 1. The first-order valence-corrected chi connectivity index (χ1v) is 5.37. The number of aliphatic carboxylic acids is 1. The van der Waals surface area contributed by atoms with Gasteiger partial charge in [-0.05, 0) is 24.5 Å². The Morgan fingerprint density at radius 2 is 2.31 bits per heavy atom. The highest BCUT2D eigenvalue weighted by molar-refractivity contribution is 5.67. The van der Waals surface area contributed by atoms with Crippen molar-refractivity contribution < 1.29 is 9.90 Å². The van der Waals surface area contributed by atoms with E-state index in [1.165, 1.54) is 6.07 Å². The first-order chi connectivity index (χ1) is 7.68. The van der Waals surface area contributed by atoms with Crippen molar-refractivity contribution >= 4 is 11.8 Å². The molecule has 0 aromatic carbocycles. The number of nitrogens with one attached hydrogen (secondary N) is 1. The molecule has 2 N–H and O–H groups in total. The number of carboxylic acid groups (broad SMARTS) is 1. The van der Waals surface area contributed by atoms with Gasteiger partial charge in [0.2, 0.25) is 0 Å². The fourth-order valence-electron chi connectivity index (χ4n) is 1.94. The number of nitrogens with zero attached hydrogens (tertiary/aromatic N) is 1. The lowest BCUT2D eigenvalue weighted by Gasteiger charge is -2.22. The van der Waals surface area contributed by atoms with E-state index in [4.69, 9.17) is 5.11 Å². The SMILES string of the molecule is O=C(O)CCc1ccc(=O)n2c1NCCC2. The number of rotatable bonds is 3. The molecule has 86 valence electrons. The molecule has 0 aliphatic carbocycles. The molecule has 0 bridgehead atoms. The Bertz CT molecular complexity index is 465. The number of aryl methyl sites for hydroxylation is 1. The Hall–Kier alpha value is -1.78. The van der Waals surface area contributed by atoms with E-state index in [1.54, 1.807) is 10.6 Å². The summed E-state index contributed by atoms with van der Waals surface area (Å²) in [7, 11) is 0. The van der Waals surface area contributed by atoms with Crippen LogP contribution in [0.2, 0.25) is 0 Å². The molecule has 1 aliphatic heterocycles. The zero-order valence-electron chi connectivity index (χ0n) is 8.90. The normalized spacial score (nSPS) is 14.0. The number of hydrogen-bond acceptors (Lipinski definition) is 3. The maximum Gasteiger partial charge on any atom is 0.303 e. The van der Waals surface area contributed by atoms with E-state index in [-0.39, 0.29) is 12.0 Å². The number of pyridine rings is 1. The van der Waals surface area contributed by atoms with Gasteiger partial charge in [0.15, 0.2) is 0 Å². The van der Waals surface area contributed by atoms with E-state index >= 15 is 0 Å². The van der Waals surface area contributed by atoms with Crippen LogP contribution < -0.4 is 10.9 Å². The second kappa shape index (κ2) is 4.38. The molecule has 16 heavy (non-hydrogen) atoms. The minimum atomic E-state index is -0.819. The van der Waals surface area contributed by atoms with Crippen molar-refractivity contribution in [3.63, 3.8) is 0 Å². The van der Waals surface area contributed by atoms with Gasteiger partial charge >= 0.3 is 5.97 Å². The highest BCUT2D eigenvalue weighted by atomic mass is 16.4. The number of hydrogen-bond donors (Lipinski definition) is 2. The molecule has 0 saturated carbocycles. The summed E-state index contributed by atoms with van der Waals surface area (Å²) in [5, 5.41) is 11.8. The maximum absolute atomic E-state index is 11.6. The van der Waals surface area contributed by atoms with Gasteiger partial charge in [0.1, 0.15) is 5.82 Å². The van der Waals surface area contributed by atoms with Crippen LogP contribution in [0.5, 0.6) is 0 Å². The summed E-state index contributed by atoms with van der Waals surface area (Å²) in [5.74, 6) is -0.0271. The Morgan fingerprint density at radius 1 is 1.50 bits per heavy atom. The van der Waals surface area contributed by atoms with E-state index in [2.05, 4.69) is 5.32 Å². The predicted molar refractivity (Wildman–Crippen MR) is 59.8 cm³/mol. The lowest BCUT2D eigenvalue weighted by molar-refractivity contribution is -0.136. The Labute approximate surface area is 92.7 Å². The highest BCUT2D eigenvalue weighted by Crippen LogP contribution is 2.18. The second-order valence-electron chi connectivity index (χ2n) is 3.87. The molecule has 5 heteroatoms. The molecular weight excluding hydrogens is 208 g/mol. The summed E-state index contributed by atoms with van der Waals surface area (Å²) in [6, 6.07) is 3.23. The first-order valence-electron chi connectivity index (χ1n) is 5.37. The van der Waals surface area contributed by atoms with Crippen molar-refractivity contribution in [3.8, 4) is 0 Å². The van der Waals surface area contributed by atoms with E-state index in [0.29, 0.717) is 13.0 Å². The van der Waals surface area contributed by atoms with Crippen LogP contribution in [0.4, 0.5) is 5.82 Å². The van der Waals surface area contributed by atoms with Gasteiger partial charge in [0.05, 0.1) is 0 Å². The summed E-state index contributed by atoms with van der Waals surface area (Å²) in [6.45, 7) is 1.55. The van der Waals surface area contributed by atoms with Crippen molar-refractivity contribution in [3.05, 3.63) is 28.0 Å². The molecule has 1 aromatic rings. The fourth-order valence-corrected chi connectivity index (χ4v) is 1.94. The van der Waals surface area contributed by atoms with E-state index in [1.807, 2.05) is 0 Å². The lowest BCUT2D eigenvalue weighted by Crippen LogP contribution is -2.29. The standard InChI is InChI=1S/C11H14N2O3/c14-9-4-2-8(3-5-10(15)16)11-12-6-1-7-13(9)11/h2,4,12H,1,3,5-7H2,(H,15,16). The summed E-state index contributed by atoms with van der Waals surface area (Å²) in [4.78, 5) is 22.1. The van der Waals surface area contributed by atoms with Crippen LogP contribution >= 0.6 is 0 Å². The van der Waals surface area contributed by atoms with E-state index in [0.717, 1.165) is 24.3 Å². The average Bonchev–Trinajstić information content (AvgIpc) is 2.28. The van der Waals surface area contributed by atoms with Crippen LogP contribution in [0.3, 0.4) is 0 Å². The molecule has 1 aliphatic rings. The summed E-state index contributed by atoms with van der Waals surface area (Å²) in [5.41, 5.74) is 0.878. The lowest BCUT2D eigenvalue weighted by atomic mass is 10.1. The van der Waals surface area contributed by atoms with Gasteiger partial charge in [-0.3, -0.25) is 14.2 Å². The molecule has 0 spiro atoms. The topological polar surface area (TPSA) is 71.3 Å². The molecule has 0 radical (unpaired) electrons.